The Morgan fingerprint density at radius 3 is 2.63 bits per heavy atom. The van der Waals surface area contributed by atoms with Crippen molar-refractivity contribution in [1.29, 1.82) is 0 Å². The molecule has 1 aromatic rings. The number of amides is 3. The molecule has 3 amide bonds. The summed E-state index contributed by atoms with van der Waals surface area (Å²) in [6.45, 7) is 0.383. The van der Waals surface area contributed by atoms with E-state index in [4.69, 9.17) is 5.11 Å². The van der Waals surface area contributed by atoms with Gasteiger partial charge in [-0.05, 0) is 37.8 Å². The van der Waals surface area contributed by atoms with Crippen molar-refractivity contribution in [3.63, 3.8) is 0 Å². The van der Waals surface area contributed by atoms with Crippen LogP contribution in [-0.2, 0) is 25.7 Å². The number of likely N-dealkylation sites (tertiary alicyclic amines) is 1. The number of nitrogens with zero attached hydrogens (tertiary/aromatic N) is 2. The Morgan fingerprint density at radius 1 is 1.29 bits per heavy atom. The van der Waals surface area contributed by atoms with Crippen molar-refractivity contribution < 1.29 is 37.5 Å². The minimum atomic E-state index is -4.41. The summed E-state index contributed by atoms with van der Waals surface area (Å²) in [7, 11) is 0. The number of hydrogen-bond acceptors (Lipinski definition) is 5. The van der Waals surface area contributed by atoms with Gasteiger partial charge in [0, 0.05) is 32.3 Å². The van der Waals surface area contributed by atoms with E-state index in [9.17, 15) is 37.1 Å². The first kappa shape index (κ1) is 27.6. The molecule has 0 aliphatic carbocycles. The van der Waals surface area contributed by atoms with Gasteiger partial charge in [-0.1, -0.05) is 6.08 Å². The van der Waals surface area contributed by atoms with Crippen molar-refractivity contribution in [3.05, 3.63) is 40.8 Å². The molecule has 0 aromatic carbocycles. The maximum absolute atomic E-state index is 13.0. The Balaban J connectivity index is 2.09. The number of carboxylic acids is 1. The number of carbonyl (C=O) groups is 4. The van der Waals surface area contributed by atoms with E-state index in [-0.39, 0.29) is 37.9 Å². The Hall–Kier alpha value is -3.64. The zero-order valence-electron chi connectivity index (χ0n) is 19.0. The minimum absolute atomic E-state index is 0.0592. The number of rotatable bonds is 9. The lowest BCUT2D eigenvalue weighted by Gasteiger charge is -2.33. The van der Waals surface area contributed by atoms with Crippen molar-refractivity contribution in [1.82, 2.24) is 14.8 Å². The largest absolute Gasteiger partial charge is 0.478 e. The third-order valence-corrected chi connectivity index (χ3v) is 5.40. The smallest absolute Gasteiger partial charge is 0.393 e. The molecule has 2 rings (SSSR count). The lowest BCUT2D eigenvalue weighted by atomic mass is 9.97. The van der Waals surface area contributed by atoms with Gasteiger partial charge in [-0.15, -0.1) is 0 Å². The standard InChI is InChI=1S/C22H27F3N4O6/c1-14(30)26-16(7-2-3-9-19(32)33)20(34)27-17-8-5-11-29(21(17)35)13-18(31)28-10-4-6-15(12-28)22(23,24)25/h3,5,8-9,11,15-16H,2,4,6-7,10,12-13H2,1H3,(H,26,30)(H,27,34)(H,32,33)/b9-3+. The van der Waals surface area contributed by atoms with Crippen LogP contribution in [0.25, 0.3) is 0 Å². The topological polar surface area (TPSA) is 138 Å². The number of carbonyl (C=O) groups excluding carboxylic acids is 3. The monoisotopic (exact) mass is 500 g/mol. The van der Waals surface area contributed by atoms with E-state index in [1.165, 1.54) is 31.3 Å². The summed E-state index contributed by atoms with van der Waals surface area (Å²) < 4.78 is 40.1. The molecular weight excluding hydrogens is 473 g/mol. The molecule has 0 bridgehead atoms. The molecule has 3 N–H and O–H groups in total. The number of piperidine rings is 1. The van der Waals surface area contributed by atoms with E-state index in [0.717, 1.165) is 15.5 Å². The number of alkyl halides is 3. The van der Waals surface area contributed by atoms with Gasteiger partial charge in [0.25, 0.3) is 5.56 Å². The van der Waals surface area contributed by atoms with Gasteiger partial charge < -0.3 is 25.2 Å². The molecule has 10 nitrogen and oxygen atoms in total. The van der Waals surface area contributed by atoms with Crippen LogP contribution in [0.4, 0.5) is 18.9 Å². The van der Waals surface area contributed by atoms with Crippen LogP contribution in [0, 0.1) is 5.92 Å². The molecule has 35 heavy (non-hydrogen) atoms. The molecule has 0 saturated carbocycles. The summed E-state index contributed by atoms with van der Waals surface area (Å²) in [6, 6.07) is 1.62. The fourth-order valence-electron chi connectivity index (χ4n) is 3.65. The molecule has 1 aliphatic heterocycles. The molecule has 13 heteroatoms. The van der Waals surface area contributed by atoms with Gasteiger partial charge in [0.2, 0.25) is 17.7 Å². The highest BCUT2D eigenvalue weighted by molar-refractivity contribution is 5.96. The molecule has 1 saturated heterocycles. The van der Waals surface area contributed by atoms with Gasteiger partial charge in [0.05, 0.1) is 5.92 Å². The van der Waals surface area contributed by atoms with Gasteiger partial charge in [-0.3, -0.25) is 19.2 Å². The van der Waals surface area contributed by atoms with E-state index >= 15 is 0 Å². The summed E-state index contributed by atoms with van der Waals surface area (Å²) in [5.41, 5.74) is -0.931. The van der Waals surface area contributed by atoms with E-state index in [1.807, 2.05) is 0 Å². The number of pyridine rings is 1. The Kier molecular flexibility index (Phi) is 9.60. The Labute approximate surface area is 198 Å². The summed E-state index contributed by atoms with van der Waals surface area (Å²) in [5, 5.41) is 13.4. The van der Waals surface area contributed by atoms with Crippen molar-refractivity contribution in [2.45, 2.75) is 51.4 Å². The number of hydrogen-bond donors (Lipinski definition) is 3. The number of nitrogens with one attached hydrogen (secondary N) is 2. The maximum Gasteiger partial charge on any atom is 0.393 e. The van der Waals surface area contributed by atoms with Crippen LogP contribution in [0.1, 0.15) is 32.6 Å². The fraction of sp³-hybridized carbons (Fsp3) is 0.500. The van der Waals surface area contributed by atoms with Gasteiger partial charge in [0.1, 0.15) is 18.3 Å². The minimum Gasteiger partial charge on any atom is -0.478 e. The molecule has 0 spiro atoms. The lowest BCUT2D eigenvalue weighted by molar-refractivity contribution is -0.188. The number of aliphatic carboxylic acids is 1. The molecule has 2 atom stereocenters. The summed E-state index contributed by atoms with van der Waals surface area (Å²) >= 11 is 0. The molecule has 2 unspecified atom stereocenters. The maximum atomic E-state index is 13.0. The molecule has 1 aromatic heterocycles. The van der Waals surface area contributed by atoms with Crippen LogP contribution in [0.3, 0.4) is 0 Å². The van der Waals surface area contributed by atoms with Crippen LogP contribution in [0.5, 0.6) is 0 Å². The molecule has 0 radical (unpaired) electrons. The first-order valence-electron chi connectivity index (χ1n) is 10.9. The van der Waals surface area contributed by atoms with Crippen LogP contribution in [0.2, 0.25) is 0 Å². The predicted molar refractivity (Wildman–Crippen MR) is 118 cm³/mol. The van der Waals surface area contributed by atoms with Gasteiger partial charge in [0.15, 0.2) is 0 Å². The van der Waals surface area contributed by atoms with Crippen LogP contribution in [-0.4, -0.2) is 63.6 Å². The van der Waals surface area contributed by atoms with Crippen LogP contribution in [0.15, 0.2) is 35.3 Å². The zero-order chi connectivity index (χ0) is 26.2. The van der Waals surface area contributed by atoms with Crippen LogP contribution < -0.4 is 16.2 Å². The number of aromatic nitrogens is 1. The molecular formula is C22H27F3N4O6. The molecule has 2 heterocycles. The third kappa shape index (κ3) is 8.58. The average Bonchev–Trinajstić information content (AvgIpc) is 2.77. The number of carboxylic acid groups (broad SMARTS) is 1. The van der Waals surface area contributed by atoms with Crippen molar-refractivity contribution in [3.8, 4) is 0 Å². The first-order valence-corrected chi connectivity index (χ1v) is 10.9. The van der Waals surface area contributed by atoms with Crippen molar-refractivity contribution in [2.75, 3.05) is 18.4 Å². The number of halogens is 3. The first-order chi connectivity index (χ1) is 16.4. The number of anilines is 1. The van der Waals surface area contributed by atoms with Gasteiger partial charge in [-0.2, -0.15) is 13.2 Å². The van der Waals surface area contributed by atoms with Crippen LogP contribution >= 0.6 is 0 Å². The quantitative estimate of drug-likeness (QED) is 0.440. The second kappa shape index (κ2) is 12.2. The highest BCUT2D eigenvalue weighted by Gasteiger charge is 2.42. The van der Waals surface area contributed by atoms with Crippen molar-refractivity contribution in [2.24, 2.45) is 5.92 Å². The molecule has 192 valence electrons. The van der Waals surface area contributed by atoms with E-state index in [1.54, 1.807) is 0 Å². The average molecular weight is 500 g/mol. The van der Waals surface area contributed by atoms with E-state index in [2.05, 4.69) is 10.6 Å². The van der Waals surface area contributed by atoms with E-state index in [0.29, 0.717) is 0 Å². The fourth-order valence-corrected chi connectivity index (χ4v) is 3.65. The number of allylic oxidation sites excluding steroid dienone is 1. The molecule has 1 aliphatic rings. The summed E-state index contributed by atoms with van der Waals surface area (Å²) in [6.07, 6.45) is -0.554. The Bertz CT molecular complexity index is 1040. The van der Waals surface area contributed by atoms with Gasteiger partial charge in [-0.25, -0.2) is 4.79 Å². The zero-order valence-corrected chi connectivity index (χ0v) is 19.0. The highest BCUT2D eigenvalue weighted by Crippen LogP contribution is 2.33. The Morgan fingerprint density at radius 2 is 2.00 bits per heavy atom. The highest BCUT2D eigenvalue weighted by atomic mass is 19.4. The second-order valence-corrected chi connectivity index (χ2v) is 8.14. The SMILES string of the molecule is CC(=O)NC(CC/C=C/C(=O)O)C(=O)Nc1cccn(CC(=O)N2CCCC(C(F)(F)F)C2)c1=O. The van der Waals surface area contributed by atoms with E-state index < -0.39 is 60.5 Å². The van der Waals surface area contributed by atoms with Gasteiger partial charge >= 0.3 is 12.1 Å². The second-order valence-electron chi connectivity index (χ2n) is 8.14. The third-order valence-electron chi connectivity index (χ3n) is 5.40. The van der Waals surface area contributed by atoms with Crippen molar-refractivity contribution >= 4 is 29.4 Å². The summed E-state index contributed by atoms with van der Waals surface area (Å²) in [5.74, 6) is -4.66. The molecule has 1 fully saturated rings. The predicted octanol–water partition coefficient (Wildman–Crippen LogP) is 1.51. The lowest BCUT2D eigenvalue weighted by Crippen LogP contribution is -2.46. The normalized spacial score (nSPS) is 17.1. The summed E-state index contributed by atoms with van der Waals surface area (Å²) in [4.78, 5) is 61.1.